The summed E-state index contributed by atoms with van der Waals surface area (Å²) in [6.45, 7) is 6.46. The number of nitrogens with one attached hydrogen (secondary N) is 1. The number of carbonyl (C=O) groups is 2. The second-order valence-corrected chi connectivity index (χ2v) is 19.7. The van der Waals surface area contributed by atoms with Gasteiger partial charge in [-0.15, -0.1) is 0 Å². The van der Waals surface area contributed by atoms with Crippen LogP contribution in [0.15, 0.2) is 60.8 Å². The van der Waals surface area contributed by atoms with Crippen molar-refractivity contribution in [2.45, 2.75) is 309 Å². The van der Waals surface area contributed by atoms with E-state index in [4.69, 9.17) is 4.74 Å². The van der Waals surface area contributed by atoms with E-state index in [0.29, 0.717) is 19.3 Å². The lowest BCUT2D eigenvalue weighted by molar-refractivity contribution is -0.151. The maximum Gasteiger partial charge on any atom is 0.306 e. The number of allylic oxidation sites excluding steroid dienone is 10. The van der Waals surface area contributed by atoms with Crippen molar-refractivity contribution in [3.8, 4) is 0 Å². The molecule has 0 heterocycles. The third-order valence-electron chi connectivity index (χ3n) is 13.1. The van der Waals surface area contributed by atoms with Gasteiger partial charge in [-0.25, -0.2) is 0 Å². The zero-order valence-corrected chi connectivity index (χ0v) is 44.5. The predicted octanol–water partition coefficient (Wildman–Crippen LogP) is 18.0. The van der Waals surface area contributed by atoms with Crippen LogP contribution in [-0.2, 0) is 14.3 Å². The summed E-state index contributed by atoms with van der Waals surface area (Å²) < 4.78 is 5.96. The van der Waals surface area contributed by atoms with Gasteiger partial charge in [0, 0.05) is 6.42 Å². The van der Waals surface area contributed by atoms with Gasteiger partial charge >= 0.3 is 5.97 Å². The second-order valence-electron chi connectivity index (χ2n) is 19.7. The van der Waals surface area contributed by atoms with Gasteiger partial charge in [0.05, 0.1) is 25.2 Å². The number of ether oxygens (including phenoxy) is 1. The van der Waals surface area contributed by atoms with Crippen molar-refractivity contribution in [2.24, 2.45) is 0 Å². The molecule has 0 spiro atoms. The quantitative estimate of drug-likeness (QED) is 0.0244. The Kier molecular flexibility index (Phi) is 52.5. The van der Waals surface area contributed by atoms with Crippen molar-refractivity contribution in [3.05, 3.63) is 60.8 Å². The topological polar surface area (TPSA) is 95.9 Å². The number of esters is 1. The van der Waals surface area contributed by atoms with Crippen LogP contribution in [0.3, 0.4) is 0 Å². The Morgan fingerprint density at radius 3 is 1.28 bits per heavy atom. The van der Waals surface area contributed by atoms with E-state index in [9.17, 15) is 19.8 Å². The largest absolute Gasteiger partial charge is 0.462 e. The first-order valence-corrected chi connectivity index (χ1v) is 29.0. The van der Waals surface area contributed by atoms with Gasteiger partial charge < -0.3 is 20.3 Å². The van der Waals surface area contributed by atoms with E-state index in [0.717, 1.165) is 89.9 Å². The van der Waals surface area contributed by atoms with Crippen LogP contribution in [0.2, 0.25) is 0 Å². The highest BCUT2D eigenvalue weighted by atomic mass is 16.5. The van der Waals surface area contributed by atoms with Gasteiger partial charge in [0.2, 0.25) is 5.91 Å². The monoisotopic (exact) mass is 938 g/mol. The molecule has 0 bridgehead atoms. The smallest absolute Gasteiger partial charge is 0.306 e. The normalized spacial score (nSPS) is 13.6. The van der Waals surface area contributed by atoms with E-state index < -0.39 is 18.2 Å². The van der Waals surface area contributed by atoms with Crippen LogP contribution in [0.5, 0.6) is 0 Å². The molecule has 3 atom stereocenters. The fourth-order valence-corrected chi connectivity index (χ4v) is 8.70. The highest BCUT2D eigenvalue weighted by molar-refractivity contribution is 5.77. The number of aliphatic hydroxyl groups is 2. The number of carbonyl (C=O) groups excluding carboxylic acids is 2. The maximum atomic E-state index is 13.3. The molecule has 67 heavy (non-hydrogen) atoms. The zero-order chi connectivity index (χ0) is 48.8. The minimum Gasteiger partial charge on any atom is -0.462 e. The van der Waals surface area contributed by atoms with E-state index in [-0.39, 0.29) is 24.9 Å². The molecule has 0 aliphatic rings. The molecular formula is C61H111NO5. The van der Waals surface area contributed by atoms with Gasteiger partial charge in [-0.3, -0.25) is 9.59 Å². The van der Waals surface area contributed by atoms with Crippen molar-refractivity contribution in [1.82, 2.24) is 5.32 Å². The van der Waals surface area contributed by atoms with Crippen molar-refractivity contribution < 1.29 is 24.5 Å². The van der Waals surface area contributed by atoms with E-state index in [2.05, 4.69) is 86.8 Å². The average molecular weight is 939 g/mol. The molecule has 390 valence electrons. The Morgan fingerprint density at radius 2 is 0.821 bits per heavy atom. The average Bonchev–Trinajstić information content (AvgIpc) is 3.32. The molecule has 0 saturated carbocycles. The van der Waals surface area contributed by atoms with Gasteiger partial charge in [-0.2, -0.15) is 0 Å². The molecule has 0 radical (unpaired) electrons. The summed E-state index contributed by atoms with van der Waals surface area (Å²) >= 11 is 0. The Hall–Kier alpha value is -2.44. The van der Waals surface area contributed by atoms with Gasteiger partial charge in [-0.1, -0.05) is 255 Å². The van der Waals surface area contributed by atoms with Gasteiger partial charge in [0.15, 0.2) is 0 Å². The van der Waals surface area contributed by atoms with Crippen molar-refractivity contribution in [3.63, 3.8) is 0 Å². The van der Waals surface area contributed by atoms with Crippen LogP contribution in [0, 0.1) is 0 Å². The Balaban J connectivity index is 4.62. The molecule has 3 N–H and O–H groups in total. The van der Waals surface area contributed by atoms with Gasteiger partial charge in [-0.05, 0) is 83.5 Å². The molecule has 6 heteroatoms. The number of hydrogen-bond acceptors (Lipinski definition) is 5. The fraction of sp³-hybridized carbons (Fsp3) is 0.803. The van der Waals surface area contributed by atoms with Crippen molar-refractivity contribution in [2.75, 3.05) is 6.61 Å². The van der Waals surface area contributed by atoms with Crippen LogP contribution in [0.25, 0.3) is 0 Å². The number of unbranched alkanes of at least 4 members (excludes halogenated alkanes) is 32. The molecule has 6 nitrogen and oxygen atoms in total. The third kappa shape index (κ3) is 49.8. The molecule has 0 aliphatic carbocycles. The number of amides is 1. The molecule has 0 aromatic heterocycles. The highest BCUT2D eigenvalue weighted by Gasteiger charge is 2.24. The summed E-state index contributed by atoms with van der Waals surface area (Å²) in [5.74, 6) is -0.497. The standard InChI is InChI=1S/C61H111NO5/c1-4-7-10-13-16-19-22-25-27-29-31-33-36-39-42-45-48-51-54-61(66)67-57(52-49-46-43-40-37-35-32-30-28-26-23-20-17-14-11-8-5-2)55-60(65)62-58(56-63)59(64)53-50-47-44-41-38-34-24-21-18-15-12-9-6-3/h17,20,22,25-29,31,33,57-59,63-64H,4-16,18-19,21,23-24,30,32,34-56H2,1-3H3,(H,62,65)/b20-17-,25-22+,28-26-,29-27+,33-31+. The molecule has 1 amide bonds. The first kappa shape index (κ1) is 64.6. The van der Waals surface area contributed by atoms with E-state index in [1.54, 1.807) is 0 Å². The first-order chi connectivity index (χ1) is 33.0. The zero-order valence-electron chi connectivity index (χ0n) is 44.5. The Morgan fingerprint density at radius 1 is 0.448 bits per heavy atom. The highest BCUT2D eigenvalue weighted by Crippen LogP contribution is 2.18. The lowest BCUT2D eigenvalue weighted by atomic mass is 10.0. The lowest BCUT2D eigenvalue weighted by Gasteiger charge is -2.24. The SMILES string of the molecule is CCCCC/C=C\C/C=C\CCCCCCCCCC(CC(=O)NC(CO)C(O)CCCCCCCCCCCCCCC)OC(=O)CCCCCCC/C=C/C=C/C=C/CCCCCCC. The summed E-state index contributed by atoms with van der Waals surface area (Å²) in [7, 11) is 0. The summed E-state index contributed by atoms with van der Waals surface area (Å²) in [4.78, 5) is 26.3. The predicted molar refractivity (Wildman–Crippen MR) is 292 cm³/mol. The summed E-state index contributed by atoms with van der Waals surface area (Å²) in [5, 5.41) is 23.9. The number of aliphatic hydroxyl groups excluding tert-OH is 2. The fourth-order valence-electron chi connectivity index (χ4n) is 8.70. The minimum atomic E-state index is -0.796. The third-order valence-corrected chi connectivity index (χ3v) is 13.1. The molecular weight excluding hydrogens is 827 g/mol. The van der Waals surface area contributed by atoms with Crippen molar-refractivity contribution in [1.29, 1.82) is 0 Å². The van der Waals surface area contributed by atoms with Gasteiger partial charge in [0.25, 0.3) is 0 Å². The summed E-state index contributed by atoms with van der Waals surface area (Å²) in [6.07, 6.45) is 68.5. The molecule has 0 rings (SSSR count). The summed E-state index contributed by atoms with van der Waals surface area (Å²) in [5.41, 5.74) is 0. The number of rotatable bonds is 52. The Bertz CT molecular complexity index is 1190. The maximum absolute atomic E-state index is 13.3. The van der Waals surface area contributed by atoms with Crippen LogP contribution >= 0.6 is 0 Å². The van der Waals surface area contributed by atoms with Crippen LogP contribution in [0.4, 0.5) is 0 Å². The first-order valence-electron chi connectivity index (χ1n) is 29.0. The second kappa shape index (κ2) is 54.5. The van der Waals surface area contributed by atoms with E-state index in [1.807, 2.05) is 0 Å². The van der Waals surface area contributed by atoms with E-state index in [1.165, 1.54) is 154 Å². The van der Waals surface area contributed by atoms with E-state index >= 15 is 0 Å². The molecule has 0 saturated heterocycles. The lowest BCUT2D eigenvalue weighted by Crippen LogP contribution is -2.46. The van der Waals surface area contributed by atoms with Gasteiger partial charge in [0.1, 0.15) is 6.10 Å². The number of hydrogen-bond donors (Lipinski definition) is 3. The molecule has 0 fully saturated rings. The minimum absolute atomic E-state index is 0.0635. The van der Waals surface area contributed by atoms with Crippen LogP contribution in [0.1, 0.15) is 290 Å². The molecule has 0 aromatic rings. The van der Waals surface area contributed by atoms with Crippen molar-refractivity contribution >= 4 is 11.9 Å². The Labute approximate surface area is 416 Å². The van der Waals surface area contributed by atoms with Crippen LogP contribution < -0.4 is 5.32 Å². The summed E-state index contributed by atoms with van der Waals surface area (Å²) in [6, 6.07) is -0.711. The molecule has 0 aliphatic heterocycles. The molecule has 3 unspecified atom stereocenters. The molecule has 0 aromatic carbocycles. The van der Waals surface area contributed by atoms with Crippen LogP contribution in [-0.4, -0.2) is 46.9 Å².